The van der Waals surface area contributed by atoms with Gasteiger partial charge >= 0.3 is 0 Å². The summed E-state index contributed by atoms with van der Waals surface area (Å²) in [6.45, 7) is 7.92. The molecule has 0 saturated carbocycles. The summed E-state index contributed by atoms with van der Waals surface area (Å²) >= 11 is 0. The molecule has 1 heterocycles. The minimum atomic E-state index is -3.71. The summed E-state index contributed by atoms with van der Waals surface area (Å²) < 4.78 is 27.9. The number of carbonyl (C=O) groups excluding carboxylic acids is 2. The van der Waals surface area contributed by atoms with Crippen molar-refractivity contribution in [2.24, 2.45) is 11.8 Å². The maximum atomic E-state index is 12.9. The molecule has 1 aliphatic heterocycles. The molecule has 0 unspecified atom stereocenters. The molecule has 2 amide bonds. The topological polar surface area (TPSA) is 95.6 Å². The van der Waals surface area contributed by atoms with Crippen molar-refractivity contribution in [1.82, 2.24) is 10.2 Å². The van der Waals surface area contributed by atoms with E-state index in [0.29, 0.717) is 49.6 Å². The van der Waals surface area contributed by atoms with Crippen molar-refractivity contribution in [3.05, 3.63) is 59.7 Å². The minimum Gasteiger partial charge on any atom is -0.356 e. The molecule has 34 heavy (non-hydrogen) atoms. The van der Waals surface area contributed by atoms with Gasteiger partial charge in [0.05, 0.1) is 4.90 Å². The number of amides is 2. The summed E-state index contributed by atoms with van der Waals surface area (Å²) in [4.78, 5) is 27.1. The molecule has 8 heteroatoms. The third-order valence-corrected chi connectivity index (χ3v) is 7.39. The van der Waals surface area contributed by atoms with Gasteiger partial charge in [-0.25, -0.2) is 8.42 Å². The van der Waals surface area contributed by atoms with Crippen LogP contribution in [0.5, 0.6) is 0 Å². The number of hydrogen-bond acceptors (Lipinski definition) is 4. The largest absolute Gasteiger partial charge is 0.356 e. The molecule has 0 spiro atoms. The molecule has 0 aromatic heterocycles. The predicted octanol–water partition coefficient (Wildman–Crippen LogP) is 4.06. The normalized spacial score (nSPS) is 14.8. The zero-order valence-corrected chi connectivity index (χ0v) is 21.0. The number of aryl methyl sites for hydroxylation is 1. The Hall–Kier alpha value is -2.87. The van der Waals surface area contributed by atoms with E-state index in [9.17, 15) is 18.0 Å². The fourth-order valence-corrected chi connectivity index (χ4v) is 5.05. The Morgan fingerprint density at radius 1 is 1.00 bits per heavy atom. The number of likely N-dealkylation sites (tertiary alicyclic amines) is 1. The van der Waals surface area contributed by atoms with Gasteiger partial charge in [-0.3, -0.25) is 14.3 Å². The Kier molecular flexibility index (Phi) is 8.72. The van der Waals surface area contributed by atoms with Crippen molar-refractivity contribution < 1.29 is 18.0 Å². The van der Waals surface area contributed by atoms with Crippen LogP contribution >= 0.6 is 0 Å². The average molecular weight is 486 g/mol. The van der Waals surface area contributed by atoms with E-state index >= 15 is 0 Å². The Morgan fingerprint density at radius 2 is 1.62 bits per heavy atom. The van der Waals surface area contributed by atoms with Crippen LogP contribution in [0.3, 0.4) is 0 Å². The molecule has 0 aliphatic carbocycles. The number of hydrogen-bond donors (Lipinski definition) is 2. The lowest BCUT2D eigenvalue weighted by atomic mass is 9.95. The first-order chi connectivity index (χ1) is 16.2. The first-order valence-electron chi connectivity index (χ1n) is 12.0. The Balaban J connectivity index is 1.56. The van der Waals surface area contributed by atoms with Gasteiger partial charge in [-0.2, -0.15) is 0 Å². The van der Waals surface area contributed by atoms with Gasteiger partial charge in [0.25, 0.3) is 15.9 Å². The van der Waals surface area contributed by atoms with E-state index in [4.69, 9.17) is 0 Å². The van der Waals surface area contributed by atoms with Crippen molar-refractivity contribution in [2.75, 3.05) is 24.4 Å². The summed E-state index contributed by atoms with van der Waals surface area (Å²) in [5, 5.41) is 2.97. The van der Waals surface area contributed by atoms with E-state index < -0.39 is 10.0 Å². The van der Waals surface area contributed by atoms with Crippen molar-refractivity contribution in [1.29, 1.82) is 0 Å². The second kappa shape index (κ2) is 11.5. The van der Waals surface area contributed by atoms with Gasteiger partial charge in [0.2, 0.25) is 5.91 Å². The summed E-state index contributed by atoms with van der Waals surface area (Å²) in [5.74, 6) is 0.305. The molecular weight excluding hydrogens is 450 g/mol. The van der Waals surface area contributed by atoms with Crippen LogP contribution in [0.4, 0.5) is 5.69 Å². The van der Waals surface area contributed by atoms with Crippen LogP contribution in [-0.4, -0.2) is 44.8 Å². The maximum Gasteiger partial charge on any atom is 0.261 e. The molecule has 1 saturated heterocycles. The number of nitrogens with zero attached hydrogens (tertiary/aromatic N) is 1. The van der Waals surface area contributed by atoms with E-state index in [1.54, 1.807) is 41.3 Å². The van der Waals surface area contributed by atoms with Crippen LogP contribution in [0.1, 0.15) is 56.0 Å². The highest BCUT2D eigenvalue weighted by atomic mass is 32.2. The van der Waals surface area contributed by atoms with Crippen LogP contribution in [0.25, 0.3) is 0 Å². The number of carbonyl (C=O) groups is 2. The highest BCUT2D eigenvalue weighted by molar-refractivity contribution is 7.92. The molecule has 2 aromatic carbocycles. The summed E-state index contributed by atoms with van der Waals surface area (Å²) in [7, 11) is -3.71. The van der Waals surface area contributed by atoms with E-state index in [1.165, 1.54) is 0 Å². The first-order valence-corrected chi connectivity index (χ1v) is 13.5. The third kappa shape index (κ3) is 6.82. The lowest BCUT2D eigenvalue weighted by Gasteiger charge is -2.31. The fraction of sp³-hybridized carbons (Fsp3) is 0.462. The predicted molar refractivity (Wildman–Crippen MR) is 134 cm³/mol. The SMILES string of the molecule is CCCc1ccc(S(=O)(=O)Nc2ccc(C(=O)N3CCC(C(=O)NCC(C)C)CC3)cc2)cc1. The summed E-state index contributed by atoms with van der Waals surface area (Å²) in [6, 6.07) is 13.3. The molecule has 3 rings (SSSR count). The lowest BCUT2D eigenvalue weighted by Crippen LogP contribution is -2.43. The van der Waals surface area contributed by atoms with E-state index in [1.807, 2.05) is 12.1 Å². The second-order valence-corrected chi connectivity index (χ2v) is 11.0. The number of anilines is 1. The summed E-state index contributed by atoms with van der Waals surface area (Å²) in [5.41, 5.74) is 1.99. The molecule has 2 aromatic rings. The van der Waals surface area contributed by atoms with Crippen molar-refractivity contribution >= 4 is 27.5 Å². The van der Waals surface area contributed by atoms with Crippen molar-refractivity contribution in [2.45, 2.75) is 51.3 Å². The Bertz CT molecular complexity index is 1070. The number of piperidine rings is 1. The Labute approximate surface area is 203 Å². The van der Waals surface area contributed by atoms with Crippen molar-refractivity contribution in [3.63, 3.8) is 0 Å². The van der Waals surface area contributed by atoms with Crippen LogP contribution in [0.2, 0.25) is 0 Å². The highest BCUT2D eigenvalue weighted by Crippen LogP contribution is 2.21. The number of rotatable bonds is 9. The maximum absolute atomic E-state index is 12.9. The van der Waals surface area contributed by atoms with Crippen LogP contribution < -0.4 is 10.0 Å². The number of sulfonamides is 1. The summed E-state index contributed by atoms with van der Waals surface area (Å²) in [6.07, 6.45) is 3.20. The minimum absolute atomic E-state index is 0.0596. The molecule has 0 radical (unpaired) electrons. The van der Waals surface area contributed by atoms with Gasteiger partial charge in [0.15, 0.2) is 0 Å². The van der Waals surface area contributed by atoms with E-state index in [-0.39, 0.29) is 22.6 Å². The zero-order valence-electron chi connectivity index (χ0n) is 20.2. The molecule has 7 nitrogen and oxygen atoms in total. The monoisotopic (exact) mass is 485 g/mol. The van der Waals surface area contributed by atoms with E-state index in [2.05, 4.69) is 30.8 Å². The molecule has 2 N–H and O–H groups in total. The molecule has 1 aliphatic rings. The van der Waals surface area contributed by atoms with Crippen molar-refractivity contribution in [3.8, 4) is 0 Å². The third-order valence-electron chi connectivity index (χ3n) is 5.99. The van der Waals surface area contributed by atoms with Gasteiger partial charge in [-0.1, -0.05) is 39.3 Å². The zero-order chi connectivity index (χ0) is 24.7. The van der Waals surface area contributed by atoms with E-state index in [0.717, 1.165) is 18.4 Å². The van der Waals surface area contributed by atoms with Gasteiger partial charge in [0, 0.05) is 36.8 Å². The number of nitrogens with one attached hydrogen (secondary N) is 2. The Morgan fingerprint density at radius 3 is 2.18 bits per heavy atom. The fourth-order valence-electron chi connectivity index (χ4n) is 4.00. The highest BCUT2D eigenvalue weighted by Gasteiger charge is 2.27. The lowest BCUT2D eigenvalue weighted by molar-refractivity contribution is -0.126. The van der Waals surface area contributed by atoms with Gasteiger partial charge in [-0.05, 0) is 67.1 Å². The van der Waals surface area contributed by atoms with Crippen LogP contribution in [-0.2, 0) is 21.2 Å². The molecule has 1 fully saturated rings. The molecule has 0 bridgehead atoms. The standard InChI is InChI=1S/C26H35N3O4S/c1-4-5-20-6-12-24(13-7-20)34(32,33)28-23-10-8-22(9-11-23)26(31)29-16-14-21(15-17-29)25(30)27-18-19(2)3/h6-13,19,21,28H,4-5,14-18H2,1-3H3,(H,27,30). The quantitative estimate of drug-likeness (QED) is 0.560. The average Bonchev–Trinajstić information content (AvgIpc) is 2.83. The van der Waals surface area contributed by atoms with Gasteiger partial charge in [0.1, 0.15) is 0 Å². The van der Waals surface area contributed by atoms with Crippen LogP contribution in [0, 0.1) is 11.8 Å². The molecule has 184 valence electrons. The van der Waals surface area contributed by atoms with Gasteiger partial charge < -0.3 is 10.2 Å². The molecular formula is C26H35N3O4S. The van der Waals surface area contributed by atoms with Gasteiger partial charge in [-0.15, -0.1) is 0 Å². The first kappa shape index (κ1) is 25.7. The number of benzene rings is 2. The second-order valence-electron chi connectivity index (χ2n) is 9.28. The molecule has 0 atom stereocenters. The smallest absolute Gasteiger partial charge is 0.261 e. The van der Waals surface area contributed by atoms with Crippen LogP contribution in [0.15, 0.2) is 53.4 Å².